The van der Waals surface area contributed by atoms with E-state index in [1.54, 1.807) is 0 Å². The van der Waals surface area contributed by atoms with Gasteiger partial charge < -0.3 is 0 Å². The summed E-state index contributed by atoms with van der Waals surface area (Å²) in [7, 11) is 0. The van der Waals surface area contributed by atoms with Gasteiger partial charge in [0, 0.05) is 15.2 Å². The normalized spacial score (nSPS) is 14.5. The van der Waals surface area contributed by atoms with Crippen molar-refractivity contribution in [3.63, 3.8) is 0 Å². The van der Waals surface area contributed by atoms with Gasteiger partial charge in [0.25, 0.3) is 0 Å². The Morgan fingerprint density at radius 2 is 1.38 bits per heavy atom. The van der Waals surface area contributed by atoms with E-state index in [1.165, 1.54) is 32.5 Å². The molecule has 0 aliphatic carbocycles. The van der Waals surface area contributed by atoms with Gasteiger partial charge >= 0.3 is 0 Å². The van der Waals surface area contributed by atoms with Crippen molar-refractivity contribution >= 4 is 34.3 Å². The van der Waals surface area contributed by atoms with E-state index >= 15 is 0 Å². The number of rotatable bonds is 3. The minimum Gasteiger partial charge on any atom is -0.111 e. The third-order valence-corrected chi connectivity index (χ3v) is 6.62. The summed E-state index contributed by atoms with van der Waals surface area (Å²) >= 11 is 4.06. The van der Waals surface area contributed by atoms with Crippen molar-refractivity contribution in [1.82, 2.24) is 0 Å². The van der Waals surface area contributed by atoms with E-state index in [0.29, 0.717) is 4.58 Å². The Kier molecular flexibility index (Phi) is 3.66. The number of benzene rings is 3. The lowest BCUT2D eigenvalue weighted by Gasteiger charge is -2.24. The predicted octanol–water partition coefficient (Wildman–Crippen LogP) is 6.00. The van der Waals surface area contributed by atoms with Crippen LogP contribution in [0, 0.1) is 0 Å². The molecule has 3 aromatic rings. The predicted molar refractivity (Wildman–Crippen MR) is 94.2 cm³/mol. The summed E-state index contributed by atoms with van der Waals surface area (Å²) in [6, 6.07) is 24.1. The van der Waals surface area contributed by atoms with Crippen LogP contribution in [0.4, 0.5) is 0 Å². The maximum Gasteiger partial charge on any atom is 0.0600 e. The molecule has 1 aliphatic rings. The first-order valence-electron chi connectivity index (χ1n) is 7.29. The summed E-state index contributed by atoms with van der Waals surface area (Å²) in [6.45, 7) is 0. The highest BCUT2D eigenvalue weighted by Crippen LogP contribution is 2.48. The number of hydrogen-bond donors (Lipinski definition) is 0. The molecule has 21 heavy (non-hydrogen) atoms. The molecule has 0 fully saturated rings. The lowest BCUT2D eigenvalue weighted by molar-refractivity contribution is 0.902. The van der Waals surface area contributed by atoms with Crippen molar-refractivity contribution in [1.29, 1.82) is 0 Å². The monoisotopic (exact) mass is 308 g/mol. The summed E-state index contributed by atoms with van der Waals surface area (Å²) in [5, 5.41) is 2.82. The number of aryl methyl sites for hydroxylation is 1. The van der Waals surface area contributed by atoms with Crippen LogP contribution >= 0.6 is 23.5 Å². The molecule has 0 spiro atoms. The molecule has 0 unspecified atom stereocenters. The Hall–Kier alpha value is -1.38. The highest BCUT2D eigenvalue weighted by atomic mass is 32.2. The molecule has 0 saturated heterocycles. The van der Waals surface area contributed by atoms with Crippen LogP contribution in [0.3, 0.4) is 0 Å². The molecule has 104 valence electrons. The van der Waals surface area contributed by atoms with E-state index in [2.05, 4.69) is 66.7 Å². The van der Waals surface area contributed by atoms with Gasteiger partial charge in [-0.25, -0.2) is 0 Å². The molecule has 0 amide bonds. The number of thioether (sulfide) groups is 2. The van der Waals surface area contributed by atoms with Crippen LogP contribution in [0.5, 0.6) is 0 Å². The molecular formula is C19H16S2. The van der Waals surface area contributed by atoms with Gasteiger partial charge in [0.1, 0.15) is 0 Å². The molecule has 2 heteroatoms. The Morgan fingerprint density at radius 1 is 0.714 bits per heavy atom. The molecule has 3 aromatic carbocycles. The van der Waals surface area contributed by atoms with Gasteiger partial charge in [-0.3, -0.25) is 0 Å². The third kappa shape index (κ3) is 2.70. The van der Waals surface area contributed by atoms with Gasteiger partial charge in [0.2, 0.25) is 0 Å². The average Bonchev–Trinajstić information content (AvgIpc) is 2.54. The second-order valence-electron chi connectivity index (χ2n) is 5.30. The molecule has 0 atom stereocenters. The first kappa shape index (κ1) is 13.3. The van der Waals surface area contributed by atoms with Gasteiger partial charge in [-0.05, 0) is 35.9 Å². The molecule has 0 aromatic heterocycles. The summed E-state index contributed by atoms with van der Waals surface area (Å²) in [5.74, 6) is 0. The summed E-state index contributed by atoms with van der Waals surface area (Å²) in [4.78, 5) is 2.89. The fraction of sp³-hybridized carbons (Fsp3) is 0.158. The van der Waals surface area contributed by atoms with E-state index in [4.69, 9.17) is 0 Å². The molecule has 0 nitrogen and oxygen atoms in total. The van der Waals surface area contributed by atoms with Gasteiger partial charge in [-0.1, -0.05) is 54.6 Å². The maximum absolute atomic E-state index is 2.27. The quantitative estimate of drug-likeness (QED) is 0.582. The Balaban J connectivity index is 1.56. The van der Waals surface area contributed by atoms with Crippen molar-refractivity contribution in [2.75, 3.05) is 0 Å². The van der Waals surface area contributed by atoms with E-state index in [0.717, 1.165) is 6.42 Å². The Labute approximate surface area is 134 Å². The van der Waals surface area contributed by atoms with Crippen LogP contribution in [0.25, 0.3) is 10.8 Å². The fourth-order valence-corrected chi connectivity index (χ4v) is 5.75. The lowest BCUT2D eigenvalue weighted by Crippen LogP contribution is -2.04. The van der Waals surface area contributed by atoms with E-state index in [1.807, 2.05) is 23.5 Å². The highest BCUT2D eigenvalue weighted by molar-refractivity contribution is 8.17. The Bertz CT molecular complexity index is 724. The van der Waals surface area contributed by atoms with Gasteiger partial charge in [0.05, 0.1) is 4.58 Å². The van der Waals surface area contributed by atoms with Gasteiger partial charge in [0.15, 0.2) is 0 Å². The van der Waals surface area contributed by atoms with Crippen LogP contribution in [0.2, 0.25) is 0 Å². The van der Waals surface area contributed by atoms with Crippen molar-refractivity contribution in [2.45, 2.75) is 27.2 Å². The second kappa shape index (κ2) is 5.78. The molecule has 1 aliphatic heterocycles. The largest absolute Gasteiger partial charge is 0.111 e. The third-order valence-electron chi connectivity index (χ3n) is 3.86. The molecular weight excluding hydrogens is 292 g/mol. The maximum atomic E-state index is 2.27. The van der Waals surface area contributed by atoms with Crippen LogP contribution < -0.4 is 0 Å². The van der Waals surface area contributed by atoms with E-state index in [9.17, 15) is 0 Å². The topological polar surface area (TPSA) is 0 Å². The van der Waals surface area contributed by atoms with Gasteiger partial charge in [-0.15, -0.1) is 23.5 Å². The zero-order valence-electron chi connectivity index (χ0n) is 11.7. The zero-order valence-corrected chi connectivity index (χ0v) is 13.3. The first-order valence-corrected chi connectivity index (χ1v) is 9.05. The van der Waals surface area contributed by atoms with Gasteiger partial charge in [-0.2, -0.15) is 0 Å². The molecule has 4 rings (SSSR count). The molecule has 0 saturated carbocycles. The smallest absolute Gasteiger partial charge is 0.0600 e. The molecule has 0 radical (unpaired) electrons. The van der Waals surface area contributed by atoms with Crippen LogP contribution in [0.1, 0.15) is 12.0 Å². The summed E-state index contributed by atoms with van der Waals surface area (Å²) < 4.78 is 0.616. The van der Waals surface area contributed by atoms with E-state index in [-0.39, 0.29) is 0 Å². The van der Waals surface area contributed by atoms with Crippen LogP contribution in [-0.4, -0.2) is 4.58 Å². The minimum absolute atomic E-state index is 0.616. The van der Waals surface area contributed by atoms with Crippen molar-refractivity contribution < 1.29 is 0 Å². The minimum atomic E-state index is 0.616. The lowest BCUT2D eigenvalue weighted by atomic mass is 10.1. The van der Waals surface area contributed by atoms with Crippen LogP contribution in [-0.2, 0) is 6.42 Å². The first-order chi connectivity index (χ1) is 10.4. The van der Waals surface area contributed by atoms with E-state index < -0.39 is 0 Å². The fourth-order valence-electron chi connectivity index (χ4n) is 2.82. The molecule has 0 bridgehead atoms. The number of hydrogen-bond acceptors (Lipinski definition) is 2. The summed E-state index contributed by atoms with van der Waals surface area (Å²) in [6.07, 6.45) is 2.37. The van der Waals surface area contributed by atoms with Crippen molar-refractivity contribution in [3.05, 3.63) is 72.3 Å². The average molecular weight is 308 g/mol. The summed E-state index contributed by atoms with van der Waals surface area (Å²) in [5.41, 5.74) is 1.44. The van der Waals surface area contributed by atoms with Crippen molar-refractivity contribution in [3.8, 4) is 0 Å². The molecule has 0 N–H and O–H groups in total. The second-order valence-corrected chi connectivity index (χ2v) is 8.09. The SMILES string of the molecule is c1ccc(CCC2Sc3cccc4cccc(c34)S2)cc1. The zero-order chi connectivity index (χ0) is 14.1. The van der Waals surface area contributed by atoms with Crippen LogP contribution in [0.15, 0.2) is 76.5 Å². The molecule has 1 heterocycles. The standard InChI is InChI=1S/C19H16S2/c1-2-6-14(7-3-1)12-13-18-20-16-10-4-8-15-9-5-11-17(21-18)19(15)16/h1-11,18H,12-13H2. The Morgan fingerprint density at radius 3 is 2.05 bits per heavy atom. The highest BCUT2D eigenvalue weighted by Gasteiger charge is 2.21. The van der Waals surface area contributed by atoms with Crippen molar-refractivity contribution in [2.24, 2.45) is 0 Å².